The van der Waals surface area contributed by atoms with Crippen LogP contribution in [0.4, 0.5) is 5.69 Å². The second-order valence-electron chi connectivity index (χ2n) is 8.94. The fourth-order valence-electron chi connectivity index (χ4n) is 3.99. The highest BCUT2D eigenvalue weighted by Gasteiger charge is 2.15. The molecule has 0 aromatic heterocycles. The van der Waals surface area contributed by atoms with Crippen molar-refractivity contribution in [1.29, 1.82) is 0 Å². The van der Waals surface area contributed by atoms with Gasteiger partial charge < -0.3 is 29.2 Å². The van der Waals surface area contributed by atoms with Crippen molar-refractivity contribution >= 4 is 23.3 Å². The number of nitrogens with zero attached hydrogens (tertiary/aromatic N) is 2. The van der Waals surface area contributed by atoms with Crippen LogP contribution in [0.15, 0.2) is 89.9 Å². The Labute approximate surface area is 234 Å². The van der Waals surface area contributed by atoms with E-state index in [1.165, 1.54) is 0 Å². The lowest BCUT2D eigenvalue weighted by Crippen LogP contribution is -2.33. The van der Waals surface area contributed by atoms with Crippen LogP contribution in [-0.4, -0.2) is 83.6 Å². The van der Waals surface area contributed by atoms with Crippen molar-refractivity contribution in [3.05, 3.63) is 102 Å². The van der Waals surface area contributed by atoms with E-state index in [9.17, 15) is 9.59 Å². The molecule has 4 rings (SSSR count). The third-order valence-electron chi connectivity index (χ3n) is 6.13. The number of ether oxygens (including phenoxy) is 4. The smallest absolute Gasteiger partial charge is 0.278 e. The van der Waals surface area contributed by atoms with Crippen molar-refractivity contribution in [2.75, 3.05) is 70.8 Å². The first kappa shape index (κ1) is 29.1. The Bertz CT molecular complexity index is 1200. The molecule has 210 valence electrons. The molecule has 0 saturated carbocycles. The monoisotopic (exact) mass is 545 g/mol. The van der Waals surface area contributed by atoms with Gasteiger partial charge in [0.15, 0.2) is 0 Å². The molecule has 0 atom stereocenters. The Morgan fingerprint density at radius 2 is 1.05 bits per heavy atom. The van der Waals surface area contributed by atoms with Gasteiger partial charge in [0.25, 0.3) is 11.8 Å². The Balaban J connectivity index is 1.51. The first-order valence-electron chi connectivity index (χ1n) is 13.4. The number of aliphatic imine (C=N–C) groups is 1. The highest BCUT2D eigenvalue weighted by molar-refractivity contribution is 6.17. The lowest BCUT2D eigenvalue weighted by atomic mass is 10.1. The van der Waals surface area contributed by atoms with Crippen LogP contribution in [0.25, 0.3) is 0 Å². The Morgan fingerprint density at radius 1 is 0.575 bits per heavy atom. The first-order chi connectivity index (χ1) is 19.7. The fraction of sp³-hybridized carbons (Fsp3) is 0.323. The lowest BCUT2D eigenvalue weighted by Gasteiger charge is -2.25. The zero-order chi connectivity index (χ0) is 27.8. The summed E-state index contributed by atoms with van der Waals surface area (Å²) in [7, 11) is 0. The zero-order valence-corrected chi connectivity index (χ0v) is 22.5. The van der Waals surface area contributed by atoms with Gasteiger partial charge >= 0.3 is 0 Å². The largest absolute Gasteiger partial charge is 0.377 e. The van der Waals surface area contributed by atoms with Gasteiger partial charge in [-0.1, -0.05) is 36.4 Å². The van der Waals surface area contributed by atoms with Crippen molar-refractivity contribution < 1.29 is 28.5 Å². The average Bonchev–Trinajstić information content (AvgIpc) is 3.01. The molecule has 0 bridgehead atoms. The van der Waals surface area contributed by atoms with Crippen LogP contribution in [-0.2, 0) is 18.9 Å². The van der Waals surface area contributed by atoms with Crippen molar-refractivity contribution in [2.24, 2.45) is 4.99 Å². The number of hydrogen-bond acceptors (Lipinski definition) is 7. The predicted octanol–water partition coefficient (Wildman–Crippen LogP) is 3.59. The number of rotatable bonds is 4. The lowest BCUT2D eigenvalue weighted by molar-refractivity contribution is 0.00206. The second-order valence-corrected chi connectivity index (χ2v) is 8.94. The maximum absolute atomic E-state index is 13.0. The number of anilines is 1. The molecule has 3 aromatic carbocycles. The molecule has 0 radical (unpaired) electrons. The summed E-state index contributed by atoms with van der Waals surface area (Å²) < 4.78 is 22.5. The topological polar surface area (TPSA) is 98.7 Å². The third-order valence-corrected chi connectivity index (χ3v) is 6.13. The van der Waals surface area contributed by atoms with E-state index in [1.807, 2.05) is 36.4 Å². The normalized spacial score (nSPS) is 16.4. The summed E-state index contributed by atoms with van der Waals surface area (Å²) in [6.45, 7) is 5.54. The van der Waals surface area contributed by atoms with Crippen LogP contribution in [0.3, 0.4) is 0 Å². The van der Waals surface area contributed by atoms with Crippen molar-refractivity contribution in [3.8, 4) is 0 Å². The van der Waals surface area contributed by atoms with Gasteiger partial charge in [0, 0.05) is 35.5 Å². The molecular weight excluding hydrogens is 510 g/mol. The molecule has 0 aliphatic carbocycles. The molecule has 2 amide bonds. The van der Waals surface area contributed by atoms with Gasteiger partial charge in [0.2, 0.25) is 0 Å². The molecule has 1 saturated heterocycles. The number of amidine groups is 1. The number of amides is 2. The maximum atomic E-state index is 13.0. The van der Waals surface area contributed by atoms with Crippen LogP contribution >= 0.6 is 0 Å². The highest BCUT2D eigenvalue weighted by Crippen LogP contribution is 2.16. The molecular formula is C31H35N3O6. The predicted molar refractivity (Wildman–Crippen MR) is 153 cm³/mol. The van der Waals surface area contributed by atoms with Crippen molar-refractivity contribution in [3.63, 3.8) is 0 Å². The van der Waals surface area contributed by atoms with Gasteiger partial charge in [-0.15, -0.1) is 0 Å². The van der Waals surface area contributed by atoms with Gasteiger partial charge in [0.1, 0.15) is 5.84 Å². The number of carbonyl (C=O) groups is 2. The van der Waals surface area contributed by atoms with Crippen LogP contribution in [0.1, 0.15) is 26.3 Å². The number of carbonyl (C=O) groups excluding carboxylic acids is 2. The third kappa shape index (κ3) is 9.39. The molecule has 1 aliphatic heterocycles. The first-order valence-corrected chi connectivity index (χ1v) is 13.4. The standard InChI is InChI=1S/C31H35N3O6/c35-30(26-7-3-1-4-8-26)32-29(33-31(36)27-9-5-2-6-10-27)25-11-13-28(14-12-25)34-15-17-37-19-21-39-23-24-40-22-20-38-18-16-34/h1-14H,15-24H2,(H,32,33,35,36). The quantitative estimate of drug-likeness (QED) is 0.395. The summed E-state index contributed by atoms with van der Waals surface area (Å²) in [5, 5.41) is 2.82. The highest BCUT2D eigenvalue weighted by atomic mass is 16.6. The molecule has 0 unspecified atom stereocenters. The van der Waals surface area contributed by atoms with E-state index in [-0.39, 0.29) is 11.7 Å². The molecule has 9 heteroatoms. The summed E-state index contributed by atoms with van der Waals surface area (Å²) in [6, 6.07) is 25.1. The minimum absolute atomic E-state index is 0.179. The van der Waals surface area contributed by atoms with E-state index in [1.54, 1.807) is 48.5 Å². The minimum atomic E-state index is -0.444. The summed E-state index contributed by atoms with van der Waals surface area (Å²) in [6.07, 6.45) is 0. The molecule has 3 aromatic rings. The van der Waals surface area contributed by atoms with E-state index in [4.69, 9.17) is 18.9 Å². The van der Waals surface area contributed by atoms with Crippen LogP contribution in [0.5, 0.6) is 0 Å². The van der Waals surface area contributed by atoms with Crippen molar-refractivity contribution in [1.82, 2.24) is 5.32 Å². The van der Waals surface area contributed by atoms with Crippen molar-refractivity contribution in [2.45, 2.75) is 0 Å². The summed E-state index contributed by atoms with van der Waals surface area (Å²) >= 11 is 0. The summed E-state index contributed by atoms with van der Waals surface area (Å²) in [5.41, 5.74) is 2.47. The molecule has 9 nitrogen and oxygen atoms in total. The molecule has 1 N–H and O–H groups in total. The van der Waals surface area contributed by atoms with Crippen LogP contribution in [0.2, 0.25) is 0 Å². The molecule has 0 spiro atoms. The molecule has 1 fully saturated rings. The Hall–Kier alpha value is -3.89. The van der Waals surface area contributed by atoms with Gasteiger partial charge in [0.05, 0.1) is 52.9 Å². The zero-order valence-electron chi connectivity index (χ0n) is 22.5. The van der Waals surface area contributed by atoms with Gasteiger partial charge in [-0.05, 0) is 48.5 Å². The van der Waals surface area contributed by atoms with E-state index < -0.39 is 5.91 Å². The average molecular weight is 546 g/mol. The second kappa shape index (κ2) is 16.3. The van der Waals surface area contributed by atoms with Gasteiger partial charge in [-0.25, -0.2) is 0 Å². The SMILES string of the molecule is O=C(N=C(NC(=O)c1ccccc1)c1ccc(N2CCOCCOCCOCCOCC2)cc1)c1ccccc1. The summed E-state index contributed by atoms with van der Waals surface area (Å²) in [5.74, 6) is -0.615. The van der Waals surface area contributed by atoms with Crippen LogP contribution in [0, 0.1) is 0 Å². The van der Waals surface area contributed by atoms with Gasteiger partial charge in [-0.3, -0.25) is 9.59 Å². The summed E-state index contributed by atoms with van der Waals surface area (Å²) in [4.78, 5) is 32.3. The maximum Gasteiger partial charge on any atom is 0.278 e. The number of benzene rings is 3. The van der Waals surface area contributed by atoms with E-state index in [0.29, 0.717) is 82.6 Å². The van der Waals surface area contributed by atoms with E-state index in [0.717, 1.165) is 5.69 Å². The van der Waals surface area contributed by atoms with Crippen LogP contribution < -0.4 is 10.2 Å². The van der Waals surface area contributed by atoms with E-state index in [2.05, 4.69) is 15.2 Å². The number of hydrogen-bond donors (Lipinski definition) is 1. The molecule has 1 heterocycles. The molecule has 1 aliphatic rings. The fourth-order valence-corrected chi connectivity index (χ4v) is 3.99. The minimum Gasteiger partial charge on any atom is -0.377 e. The Morgan fingerprint density at radius 3 is 1.57 bits per heavy atom. The Kier molecular flexibility index (Phi) is 11.8. The van der Waals surface area contributed by atoms with Gasteiger partial charge in [-0.2, -0.15) is 4.99 Å². The molecule has 40 heavy (non-hydrogen) atoms. The number of nitrogens with one attached hydrogen (secondary N) is 1. The van der Waals surface area contributed by atoms with E-state index >= 15 is 0 Å².